The summed E-state index contributed by atoms with van der Waals surface area (Å²) >= 11 is 11.8. The monoisotopic (exact) mass is 415 g/mol. The quantitative estimate of drug-likeness (QED) is 0.740. The van der Waals surface area contributed by atoms with Gasteiger partial charge in [0.2, 0.25) is 0 Å². The number of benzene rings is 2. The molecule has 0 spiro atoms. The van der Waals surface area contributed by atoms with Crippen molar-refractivity contribution in [2.45, 2.75) is 24.3 Å². The highest BCUT2D eigenvalue weighted by molar-refractivity contribution is 7.90. The molecule has 8 heteroatoms. The van der Waals surface area contributed by atoms with Crippen LogP contribution >= 0.6 is 23.2 Å². The van der Waals surface area contributed by atoms with Crippen molar-refractivity contribution in [1.82, 2.24) is 5.32 Å². The largest absolute Gasteiger partial charge is 0.482 e. The van der Waals surface area contributed by atoms with Gasteiger partial charge in [0.15, 0.2) is 16.4 Å². The summed E-state index contributed by atoms with van der Waals surface area (Å²) in [6.45, 7) is 1.73. The normalized spacial score (nSPS) is 12.5. The molecule has 1 N–H and O–H groups in total. The van der Waals surface area contributed by atoms with E-state index in [2.05, 4.69) is 5.32 Å². The van der Waals surface area contributed by atoms with Crippen LogP contribution in [0.25, 0.3) is 0 Å². The fraction of sp³-hybridized carbons (Fsp3) is 0.278. The van der Waals surface area contributed by atoms with Crippen LogP contribution in [0, 0.1) is 0 Å². The van der Waals surface area contributed by atoms with E-state index in [-0.39, 0.29) is 23.5 Å². The number of hydrogen-bond acceptors (Lipinski definition) is 4. The number of sulfone groups is 1. The molecule has 0 saturated heterocycles. The highest BCUT2D eigenvalue weighted by Gasteiger charge is 2.15. The van der Waals surface area contributed by atoms with Crippen molar-refractivity contribution in [2.24, 2.45) is 0 Å². The molecule has 0 saturated carbocycles. The fourth-order valence-electron chi connectivity index (χ4n) is 2.34. The average molecular weight is 416 g/mol. The zero-order chi connectivity index (χ0) is 19.3. The topological polar surface area (TPSA) is 72.5 Å². The van der Waals surface area contributed by atoms with Crippen molar-refractivity contribution in [3.63, 3.8) is 0 Å². The minimum atomic E-state index is -3.25. The summed E-state index contributed by atoms with van der Waals surface area (Å²) in [5.74, 6) is 0.0619. The van der Waals surface area contributed by atoms with Gasteiger partial charge < -0.3 is 10.1 Å². The molecular weight excluding hydrogens is 397 g/mol. The molecule has 140 valence electrons. The van der Waals surface area contributed by atoms with E-state index in [9.17, 15) is 13.2 Å². The van der Waals surface area contributed by atoms with Crippen LogP contribution in [0.15, 0.2) is 47.4 Å². The second-order valence-electron chi connectivity index (χ2n) is 5.73. The third-order valence-electron chi connectivity index (χ3n) is 3.71. The molecule has 1 atom stereocenters. The van der Waals surface area contributed by atoms with Gasteiger partial charge in [0, 0.05) is 11.3 Å². The third kappa shape index (κ3) is 5.62. The van der Waals surface area contributed by atoms with Crippen LogP contribution in [-0.2, 0) is 14.6 Å². The van der Waals surface area contributed by atoms with E-state index < -0.39 is 9.84 Å². The van der Waals surface area contributed by atoms with E-state index >= 15 is 0 Å². The lowest BCUT2D eigenvalue weighted by Gasteiger charge is -2.18. The van der Waals surface area contributed by atoms with Gasteiger partial charge in [-0.2, -0.15) is 0 Å². The van der Waals surface area contributed by atoms with E-state index in [1.54, 1.807) is 24.3 Å². The summed E-state index contributed by atoms with van der Waals surface area (Å²) in [6.07, 6.45) is 1.80. The molecule has 26 heavy (non-hydrogen) atoms. The Bertz CT molecular complexity index is 883. The molecule has 0 heterocycles. The molecule has 0 radical (unpaired) electrons. The summed E-state index contributed by atoms with van der Waals surface area (Å²) in [5, 5.41) is 3.67. The molecule has 2 aromatic rings. The fourth-order valence-corrected chi connectivity index (χ4v) is 3.43. The van der Waals surface area contributed by atoms with E-state index in [1.165, 1.54) is 18.2 Å². The average Bonchev–Trinajstić information content (AvgIpc) is 2.58. The number of halogens is 2. The first-order valence-electron chi connectivity index (χ1n) is 7.88. The second kappa shape index (κ2) is 8.75. The summed E-state index contributed by atoms with van der Waals surface area (Å²) in [5.41, 5.74) is 0.817. The van der Waals surface area contributed by atoms with Crippen LogP contribution in [0.3, 0.4) is 0 Å². The predicted molar refractivity (Wildman–Crippen MR) is 103 cm³/mol. The Balaban J connectivity index is 1.99. The third-order valence-corrected chi connectivity index (χ3v) is 5.37. The van der Waals surface area contributed by atoms with Crippen molar-refractivity contribution in [2.75, 3.05) is 12.9 Å². The Morgan fingerprint density at radius 2 is 1.81 bits per heavy atom. The predicted octanol–water partition coefficient (Wildman–Crippen LogP) is 4.04. The molecule has 0 bridgehead atoms. The summed E-state index contributed by atoms with van der Waals surface area (Å²) in [6, 6.07) is 11.0. The SMILES string of the molecule is CC[C@H](NC(=O)COc1ccc(Cl)cc1Cl)c1ccc(S(C)(=O)=O)cc1. The Hall–Kier alpha value is -1.76. The molecule has 0 fully saturated rings. The highest BCUT2D eigenvalue weighted by Crippen LogP contribution is 2.27. The van der Waals surface area contributed by atoms with Gasteiger partial charge in [0.1, 0.15) is 5.75 Å². The van der Waals surface area contributed by atoms with Crippen molar-refractivity contribution >= 4 is 38.9 Å². The summed E-state index contributed by atoms with van der Waals surface area (Å²) < 4.78 is 28.5. The maximum atomic E-state index is 12.2. The van der Waals surface area contributed by atoms with Gasteiger partial charge in [-0.3, -0.25) is 4.79 Å². The lowest BCUT2D eigenvalue weighted by Crippen LogP contribution is -2.32. The molecule has 0 aliphatic carbocycles. The van der Waals surface area contributed by atoms with E-state index in [0.717, 1.165) is 11.8 Å². The van der Waals surface area contributed by atoms with Gasteiger partial charge in [0.25, 0.3) is 5.91 Å². The molecule has 0 unspecified atom stereocenters. The molecule has 0 aliphatic rings. The minimum absolute atomic E-state index is 0.195. The first-order chi connectivity index (χ1) is 12.2. The standard InChI is InChI=1S/C18H19Cl2NO4S/c1-3-16(12-4-7-14(8-5-12)26(2,23)24)21-18(22)11-25-17-9-6-13(19)10-15(17)20/h4-10,16H,3,11H2,1-2H3,(H,21,22)/t16-/m0/s1. The summed E-state index contributed by atoms with van der Waals surface area (Å²) in [7, 11) is -3.25. The number of nitrogens with one attached hydrogen (secondary N) is 1. The Morgan fingerprint density at radius 3 is 2.35 bits per heavy atom. The second-order valence-corrected chi connectivity index (χ2v) is 8.59. The first kappa shape index (κ1) is 20.6. The molecule has 0 aliphatic heterocycles. The zero-order valence-electron chi connectivity index (χ0n) is 14.3. The number of carbonyl (C=O) groups is 1. The number of hydrogen-bond donors (Lipinski definition) is 1. The number of amides is 1. The lowest BCUT2D eigenvalue weighted by atomic mass is 10.0. The van der Waals surface area contributed by atoms with Crippen molar-refractivity contribution in [1.29, 1.82) is 0 Å². The lowest BCUT2D eigenvalue weighted by molar-refractivity contribution is -0.123. The van der Waals surface area contributed by atoms with E-state index in [1.807, 2.05) is 6.92 Å². The molecule has 5 nitrogen and oxygen atoms in total. The number of ether oxygens (including phenoxy) is 1. The molecular formula is C18H19Cl2NO4S. The van der Waals surface area contributed by atoms with E-state index in [0.29, 0.717) is 22.2 Å². The van der Waals surface area contributed by atoms with Gasteiger partial charge >= 0.3 is 0 Å². The zero-order valence-corrected chi connectivity index (χ0v) is 16.7. The van der Waals surface area contributed by atoms with Gasteiger partial charge in [0.05, 0.1) is 16.0 Å². The van der Waals surface area contributed by atoms with Crippen LogP contribution in [0.2, 0.25) is 10.0 Å². The Morgan fingerprint density at radius 1 is 1.15 bits per heavy atom. The van der Waals surface area contributed by atoms with E-state index in [4.69, 9.17) is 27.9 Å². The first-order valence-corrected chi connectivity index (χ1v) is 10.5. The van der Waals surface area contributed by atoms with Gasteiger partial charge in [-0.05, 0) is 42.3 Å². The molecule has 2 aromatic carbocycles. The molecule has 1 amide bonds. The smallest absolute Gasteiger partial charge is 0.258 e. The Kier molecular flexibility index (Phi) is 6.92. The van der Waals surface area contributed by atoms with Gasteiger partial charge in [-0.1, -0.05) is 42.3 Å². The van der Waals surface area contributed by atoms with Crippen molar-refractivity contribution in [3.05, 3.63) is 58.1 Å². The van der Waals surface area contributed by atoms with Gasteiger partial charge in [-0.15, -0.1) is 0 Å². The summed E-state index contributed by atoms with van der Waals surface area (Å²) in [4.78, 5) is 12.4. The maximum Gasteiger partial charge on any atom is 0.258 e. The van der Waals surface area contributed by atoms with Crippen LogP contribution in [-0.4, -0.2) is 27.2 Å². The van der Waals surface area contributed by atoms with Crippen LogP contribution in [0.5, 0.6) is 5.75 Å². The molecule has 0 aromatic heterocycles. The highest BCUT2D eigenvalue weighted by atomic mass is 35.5. The maximum absolute atomic E-state index is 12.2. The van der Waals surface area contributed by atoms with Gasteiger partial charge in [-0.25, -0.2) is 8.42 Å². The Labute approximate surface area is 163 Å². The van der Waals surface area contributed by atoms with Crippen molar-refractivity contribution < 1.29 is 17.9 Å². The van der Waals surface area contributed by atoms with Crippen LogP contribution in [0.4, 0.5) is 0 Å². The number of carbonyl (C=O) groups excluding carboxylic acids is 1. The van der Waals surface area contributed by atoms with Crippen molar-refractivity contribution in [3.8, 4) is 5.75 Å². The minimum Gasteiger partial charge on any atom is -0.482 e. The van der Waals surface area contributed by atoms with Crippen LogP contribution < -0.4 is 10.1 Å². The number of rotatable bonds is 7. The van der Waals surface area contributed by atoms with Crippen LogP contribution in [0.1, 0.15) is 24.9 Å². The molecule has 2 rings (SSSR count).